The third kappa shape index (κ3) is 2.70. The molecule has 0 radical (unpaired) electrons. The highest BCUT2D eigenvalue weighted by molar-refractivity contribution is 5.75. The van der Waals surface area contributed by atoms with Gasteiger partial charge in [0.1, 0.15) is 0 Å². The average molecular weight is 280 g/mol. The second kappa shape index (κ2) is 6.09. The smallest absolute Gasteiger partial charge is 0.311 e. The van der Waals surface area contributed by atoms with E-state index >= 15 is 0 Å². The zero-order chi connectivity index (χ0) is 14.6. The van der Waals surface area contributed by atoms with Gasteiger partial charge in [-0.2, -0.15) is 0 Å². The van der Waals surface area contributed by atoms with Crippen LogP contribution in [0.2, 0.25) is 0 Å². The fourth-order valence-corrected chi connectivity index (χ4v) is 2.67. The highest BCUT2D eigenvalue weighted by Gasteiger charge is 2.41. The summed E-state index contributed by atoms with van der Waals surface area (Å²) in [6.07, 6.45) is 3.42. The summed E-state index contributed by atoms with van der Waals surface area (Å²) < 4.78 is 10.6. The first-order valence-electron chi connectivity index (χ1n) is 6.63. The average Bonchev–Trinajstić information content (AvgIpc) is 2.47. The quantitative estimate of drug-likeness (QED) is 0.840. The number of carbonyl (C=O) groups is 1. The molecule has 0 spiro atoms. The van der Waals surface area contributed by atoms with Gasteiger partial charge in [0, 0.05) is 25.2 Å². The van der Waals surface area contributed by atoms with E-state index in [0.29, 0.717) is 36.6 Å². The molecule has 0 bridgehead atoms. The van der Waals surface area contributed by atoms with E-state index in [1.807, 2.05) is 0 Å². The first-order valence-corrected chi connectivity index (χ1v) is 6.63. The number of hydrogen-bond donors (Lipinski definition) is 2. The van der Waals surface area contributed by atoms with Gasteiger partial charge < -0.3 is 19.9 Å². The summed E-state index contributed by atoms with van der Waals surface area (Å²) >= 11 is 0. The van der Waals surface area contributed by atoms with Crippen LogP contribution in [0.25, 0.3) is 0 Å². The molecule has 0 amide bonds. The predicted molar refractivity (Wildman–Crippen MR) is 73.2 cm³/mol. The molecule has 6 heteroatoms. The van der Waals surface area contributed by atoms with Crippen LogP contribution >= 0.6 is 0 Å². The van der Waals surface area contributed by atoms with Gasteiger partial charge in [0.2, 0.25) is 0 Å². The Labute approximate surface area is 118 Å². The molecule has 0 aliphatic carbocycles. The fourth-order valence-electron chi connectivity index (χ4n) is 2.67. The van der Waals surface area contributed by atoms with Crippen molar-refractivity contribution in [1.29, 1.82) is 0 Å². The van der Waals surface area contributed by atoms with E-state index < -0.39 is 11.4 Å². The van der Waals surface area contributed by atoms with Crippen LogP contribution in [0.4, 0.5) is 0 Å². The Morgan fingerprint density at radius 3 is 2.85 bits per heavy atom. The Morgan fingerprint density at radius 1 is 1.50 bits per heavy atom. The fraction of sp³-hybridized carbons (Fsp3) is 0.571. The Balaban J connectivity index is 2.34. The van der Waals surface area contributed by atoms with E-state index in [9.17, 15) is 9.90 Å². The first kappa shape index (κ1) is 14.6. The second-order valence-corrected chi connectivity index (χ2v) is 5.04. The standard InChI is InChI=1S/C14H20N2O4/c1-19-11-4-7-16-10(12(11)20-2)8-14(13(17)18)5-3-6-15-9-14/h4,7,15H,3,5-6,8-9H2,1-2H3,(H,17,18). The van der Waals surface area contributed by atoms with Crippen LogP contribution in [-0.2, 0) is 11.2 Å². The van der Waals surface area contributed by atoms with Crippen molar-refractivity contribution in [3.8, 4) is 11.5 Å². The molecule has 2 heterocycles. The van der Waals surface area contributed by atoms with Crippen molar-refractivity contribution in [2.75, 3.05) is 27.3 Å². The summed E-state index contributed by atoms with van der Waals surface area (Å²) in [6.45, 7) is 1.31. The molecule has 20 heavy (non-hydrogen) atoms. The minimum Gasteiger partial charge on any atom is -0.493 e. The number of carboxylic acid groups (broad SMARTS) is 1. The first-order chi connectivity index (χ1) is 9.63. The highest BCUT2D eigenvalue weighted by atomic mass is 16.5. The lowest BCUT2D eigenvalue weighted by Gasteiger charge is -2.33. The van der Waals surface area contributed by atoms with Gasteiger partial charge in [0.05, 0.1) is 25.3 Å². The number of methoxy groups -OCH3 is 2. The zero-order valence-corrected chi connectivity index (χ0v) is 11.8. The largest absolute Gasteiger partial charge is 0.493 e. The predicted octanol–water partition coefficient (Wildman–Crippen LogP) is 1.10. The van der Waals surface area contributed by atoms with E-state index in [1.54, 1.807) is 19.4 Å². The number of pyridine rings is 1. The highest BCUT2D eigenvalue weighted by Crippen LogP contribution is 2.36. The maximum Gasteiger partial charge on any atom is 0.311 e. The molecule has 2 rings (SSSR count). The SMILES string of the molecule is COc1ccnc(CC2(C(=O)O)CCCNC2)c1OC. The summed E-state index contributed by atoms with van der Waals surface area (Å²) in [5.74, 6) is 0.291. The minimum absolute atomic E-state index is 0.329. The molecule has 110 valence electrons. The van der Waals surface area contributed by atoms with Crippen LogP contribution in [0.3, 0.4) is 0 Å². The van der Waals surface area contributed by atoms with Gasteiger partial charge >= 0.3 is 5.97 Å². The van der Waals surface area contributed by atoms with Crippen molar-refractivity contribution >= 4 is 5.97 Å². The van der Waals surface area contributed by atoms with Gasteiger partial charge in [-0.1, -0.05) is 0 Å². The molecule has 2 N–H and O–H groups in total. The Bertz CT molecular complexity index is 484. The number of hydrogen-bond acceptors (Lipinski definition) is 5. The van der Waals surface area contributed by atoms with Gasteiger partial charge in [0.25, 0.3) is 0 Å². The summed E-state index contributed by atoms with van der Waals surface area (Å²) in [4.78, 5) is 16.0. The molecule has 0 saturated carbocycles. The number of nitrogens with zero attached hydrogens (tertiary/aromatic N) is 1. The molecule has 0 aromatic carbocycles. The number of piperidine rings is 1. The van der Waals surface area contributed by atoms with E-state index in [-0.39, 0.29) is 0 Å². The lowest BCUT2D eigenvalue weighted by molar-refractivity contribution is -0.150. The molecular formula is C14H20N2O4. The monoisotopic (exact) mass is 280 g/mol. The summed E-state index contributed by atoms with van der Waals surface area (Å²) in [6, 6.07) is 1.70. The lowest BCUT2D eigenvalue weighted by atomic mass is 9.76. The zero-order valence-electron chi connectivity index (χ0n) is 11.8. The summed E-state index contributed by atoms with van der Waals surface area (Å²) in [7, 11) is 3.09. The summed E-state index contributed by atoms with van der Waals surface area (Å²) in [5.41, 5.74) is -0.205. The van der Waals surface area contributed by atoms with Crippen LogP contribution in [-0.4, -0.2) is 43.4 Å². The van der Waals surface area contributed by atoms with Gasteiger partial charge in [-0.3, -0.25) is 9.78 Å². The number of nitrogens with one attached hydrogen (secondary N) is 1. The van der Waals surface area contributed by atoms with Gasteiger partial charge in [0.15, 0.2) is 11.5 Å². The Hall–Kier alpha value is -1.82. The summed E-state index contributed by atoms with van der Waals surface area (Å²) in [5, 5.41) is 12.8. The Morgan fingerprint density at radius 2 is 2.30 bits per heavy atom. The lowest BCUT2D eigenvalue weighted by Crippen LogP contribution is -2.47. The molecule has 1 fully saturated rings. The molecule has 1 aromatic rings. The van der Waals surface area contributed by atoms with Crippen molar-refractivity contribution < 1.29 is 19.4 Å². The van der Waals surface area contributed by atoms with Crippen molar-refractivity contribution in [2.45, 2.75) is 19.3 Å². The normalized spacial score (nSPS) is 22.3. The second-order valence-electron chi connectivity index (χ2n) is 5.04. The van der Waals surface area contributed by atoms with Crippen molar-refractivity contribution in [3.63, 3.8) is 0 Å². The molecule has 1 unspecified atom stereocenters. The van der Waals surface area contributed by atoms with E-state index in [2.05, 4.69) is 10.3 Å². The number of aromatic nitrogens is 1. The maximum absolute atomic E-state index is 11.7. The van der Waals surface area contributed by atoms with E-state index in [4.69, 9.17) is 9.47 Å². The molecule has 1 saturated heterocycles. The van der Waals surface area contributed by atoms with Crippen LogP contribution in [0.15, 0.2) is 12.3 Å². The van der Waals surface area contributed by atoms with Crippen LogP contribution in [0, 0.1) is 5.41 Å². The molecular weight excluding hydrogens is 260 g/mol. The van der Waals surface area contributed by atoms with Crippen LogP contribution in [0.1, 0.15) is 18.5 Å². The van der Waals surface area contributed by atoms with Gasteiger partial charge in [-0.25, -0.2) is 0 Å². The van der Waals surface area contributed by atoms with Crippen molar-refractivity contribution in [2.24, 2.45) is 5.41 Å². The number of ether oxygens (including phenoxy) is 2. The molecule has 1 aromatic heterocycles. The molecule has 1 aliphatic rings. The van der Waals surface area contributed by atoms with Crippen molar-refractivity contribution in [1.82, 2.24) is 10.3 Å². The van der Waals surface area contributed by atoms with Gasteiger partial charge in [-0.15, -0.1) is 0 Å². The number of aliphatic carboxylic acids is 1. The molecule has 1 aliphatic heterocycles. The van der Waals surface area contributed by atoms with Crippen LogP contribution < -0.4 is 14.8 Å². The van der Waals surface area contributed by atoms with E-state index in [0.717, 1.165) is 13.0 Å². The van der Waals surface area contributed by atoms with E-state index in [1.165, 1.54) is 7.11 Å². The third-order valence-electron chi connectivity index (χ3n) is 3.80. The number of carboxylic acids is 1. The van der Waals surface area contributed by atoms with Gasteiger partial charge in [-0.05, 0) is 19.4 Å². The van der Waals surface area contributed by atoms with Crippen LogP contribution in [0.5, 0.6) is 11.5 Å². The minimum atomic E-state index is -0.828. The number of rotatable bonds is 5. The Kier molecular flexibility index (Phi) is 4.44. The topological polar surface area (TPSA) is 80.7 Å². The molecule has 6 nitrogen and oxygen atoms in total. The maximum atomic E-state index is 11.7. The molecule has 1 atom stereocenters. The van der Waals surface area contributed by atoms with Crippen molar-refractivity contribution in [3.05, 3.63) is 18.0 Å². The third-order valence-corrected chi connectivity index (χ3v) is 3.80.